The topological polar surface area (TPSA) is 67.2 Å². The van der Waals surface area contributed by atoms with E-state index >= 15 is 0 Å². The lowest BCUT2D eigenvalue weighted by molar-refractivity contribution is -0.137. The third kappa shape index (κ3) is 3.71. The summed E-state index contributed by atoms with van der Waals surface area (Å²) in [5.74, 6) is -0.680. The Bertz CT molecular complexity index is 886. The number of alkyl halides is 3. The summed E-state index contributed by atoms with van der Waals surface area (Å²) in [6.45, 7) is 1.43. The van der Waals surface area contributed by atoms with E-state index in [4.69, 9.17) is 0 Å². The Hall–Kier alpha value is -2.84. The average molecular weight is 366 g/mol. The fourth-order valence-corrected chi connectivity index (χ4v) is 2.86. The SMILES string of the molecule is Cn1nc(C(=O)Nc2cc(C(F)(F)F)ccc2N2CCCC2)ccc1=O. The molecule has 0 bridgehead atoms. The fraction of sp³-hybridized carbons (Fsp3) is 0.353. The zero-order chi connectivity index (χ0) is 18.9. The molecule has 138 valence electrons. The van der Waals surface area contributed by atoms with Crippen molar-refractivity contribution in [3.8, 4) is 0 Å². The zero-order valence-electron chi connectivity index (χ0n) is 14.0. The number of aromatic nitrogens is 2. The van der Waals surface area contributed by atoms with Gasteiger partial charge in [0.15, 0.2) is 0 Å². The zero-order valence-corrected chi connectivity index (χ0v) is 14.0. The Morgan fingerprint density at radius 3 is 2.46 bits per heavy atom. The standard InChI is InChI=1S/C17H17F3N4O2/c1-23-15(25)7-5-12(22-23)16(26)21-13-10-11(17(18,19)20)4-6-14(13)24-8-2-3-9-24/h4-7,10H,2-3,8-9H2,1H3,(H,21,26). The predicted octanol–water partition coefficient (Wildman–Crippen LogP) is 2.65. The second-order valence-corrected chi connectivity index (χ2v) is 6.06. The van der Waals surface area contributed by atoms with Crippen LogP contribution in [-0.4, -0.2) is 28.8 Å². The van der Waals surface area contributed by atoms with E-state index < -0.39 is 23.2 Å². The van der Waals surface area contributed by atoms with E-state index in [9.17, 15) is 22.8 Å². The highest BCUT2D eigenvalue weighted by atomic mass is 19.4. The van der Waals surface area contributed by atoms with Gasteiger partial charge in [0.25, 0.3) is 11.5 Å². The van der Waals surface area contributed by atoms with Crippen LogP contribution in [0.4, 0.5) is 24.5 Å². The molecular weight excluding hydrogens is 349 g/mol. The van der Waals surface area contributed by atoms with Crippen molar-refractivity contribution in [2.45, 2.75) is 19.0 Å². The Balaban J connectivity index is 1.96. The van der Waals surface area contributed by atoms with E-state index in [1.807, 2.05) is 4.90 Å². The molecular formula is C17H17F3N4O2. The number of hydrogen-bond donors (Lipinski definition) is 1. The molecule has 0 radical (unpaired) electrons. The molecule has 0 atom stereocenters. The highest BCUT2D eigenvalue weighted by molar-refractivity contribution is 6.04. The maximum atomic E-state index is 13.1. The summed E-state index contributed by atoms with van der Waals surface area (Å²) in [6, 6.07) is 5.72. The lowest BCUT2D eigenvalue weighted by Crippen LogP contribution is -2.25. The first-order chi connectivity index (χ1) is 12.3. The van der Waals surface area contributed by atoms with Gasteiger partial charge in [0, 0.05) is 26.2 Å². The molecule has 1 saturated heterocycles. The molecule has 9 heteroatoms. The average Bonchev–Trinajstić information content (AvgIpc) is 3.10. The van der Waals surface area contributed by atoms with Gasteiger partial charge in [-0.15, -0.1) is 0 Å². The lowest BCUT2D eigenvalue weighted by atomic mass is 10.1. The van der Waals surface area contributed by atoms with Crippen molar-refractivity contribution < 1.29 is 18.0 Å². The van der Waals surface area contributed by atoms with Crippen LogP contribution in [0.25, 0.3) is 0 Å². The fourth-order valence-electron chi connectivity index (χ4n) is 2.86. The number of halogens is 3. The van der Waals surface area contributed by atoms with Crippen molar-refractivity contribution in [1.29, 1.82) is 0 Å². The first-order valence-electron chi connectivity index (χ1n) is 8.07. The van der Waals surface area contributed by atoms with E-state index in [1.165, 1.54) is 25.2 Å². The number of carbonyl (C=O) groups is 1. The van der Waals surface area contributed by atoms with Gasteiger partial charge in [-0.05, 0) is 37.1 Å². The van der Waals surface area contributed by atoms with E-state index in [0.29, 0.717) is 18.8 Å². The summed E-state index contributed by atoms with van der Waals surface area (Å²) in [5, 5.41) is 6.33. The van der Waals surface area contributed by atoms with Gasteiger partial charge in [-0.3, -0.25) is 9.59 Å². The lowest BCUT2D eigenvalue weighted by Gasteiger charge is -2.22. The predicted molar refractivity (Wildman–Crippen MR) is 90.3 cm³/mol. The minimum atomic E-state index is -4.52. The molecule has 3 rings (SSSR count). The van der Waals surface area contributed by atoms with E-state index in [0.717, 1.165) is 29.7 Å². The molecule has 1 aromatic heterocycles. The first kappa shape index (κ1) is 18.0. The van der Waals surface area contributed by atoms with Crippen molar-refractivity contribution in [3.63, 3.8) is 0 Å². The van der Waals surface area contributed by atoms with Crippen LogP contribution in [0.2, 0.25) is 0 Å². The van der Waals surface area contributed by atoms with Gasteiger partial charge >= 0.3 is 6.18 Å². The molecule has 2 heterocycles. The summed E-state index contributed by atoms with van der Waals surface area (Å²) in [6.07, 6.45) is -2.63. The third-order valence-corrected chi connectivity index (χ3v) is 4.21. The molecule has 1 amide bonds. The molecule has 1 fully saturated rings. The molecule has 26 heavy (non-hydrogen) atoms. The smallest absolute Gasteiger partial charge is 0.370 e. The van der Waals surface area contributed by atoms with Crippen LogP contribution < -0.4 is 15.8 Å². The van der Waals surface area contributed by atoms with Gasteiger partial charge in [0.05, 0.1) is 16.9 Å². The Morgan fingerprint density at radius 2 is 1.85 bits per heavy atom. The highest BCUT2D eigenvalue weighted by Gasteiger charge is 2.32. The van der Waals surface area contributed by atoms with Crippen molar-refractivity contribution in [2.75, 3.05) is 23.3 Å². The van der Waals surface area contributed by atoms with Crippen LogP contribution in [0.5, 0.6) is 0 Å². The molecule has 1 aromatic carbocycles. The van der Waals surface area contributed by atoms with Crippen molar-refractivity contribution >= 4 is 17.3 Å². The van der Waals surface area contributed by atoms with Gasteiger partial charge in [0.1, 0.15) is 5.69 Å². The van der Waals surface area contributed by atoms with E-state index in [-0.39, 0.29) is 11.4 Å². The maximum absolute atomic E-state index is 13.1. The number of hydrogen-bond acceptors (Lipinski definition) is 4. The Morgan fingerprint density at radius 1 is 1.15 bits per heavy atom. The number of anilines is 2. The number of carbonyl (C=O) groups excluding carboxylic acids is 1. The van der Waals surface area contributed by atoms with Crippen LogP contribution >= 0.6 is 0 Å². The van der Waals surface area contributed by atoms with Crippen LogP contribution in [0.1, 0.15) is 28.9 Å². The Labute approximate surface area is 147 Å². The minimum Gasteiger partial charge on any atom is -0.370 e. The monoisotopic (exact) mass is 366 g/mol. The van der Waals surface area contributed by atoms with Gasteiger partial charge in [-0.2, -0.15) is 18.3 Å². The first-order valence-corrected chi connectivity index (χ1v) is 8.07. The van der Waals surface area contributed by atoms with Crippen LogP contribution in [-0.2, 0) is 13.2 Å². The van der Waals surface area contributed by atoms with Crippen molar-refractivity contribution in [1.82, 2.24) is 9.78 Å². The van der Waals surface area contributed by atoms with Crippen LogP contribution in [0.15, 0.2) is 35.1 Å². The Kier molecular flexibility index (Phi) is 4.71. The van der Waals surface area contributed by atoms with Gasteiger partial charge < -0.3 is 10.2 Å². The number of amides is 1. The number of rotatable bonds is 3. The van der Waals surface area contributed by atoms with Crippen LogP contribution in [0.3, 0.4) is 0 Å². The minimum absolute atomic E-state index is 0.0584. The van der Waals surface area contributed by atoms with E-state index in [1.54, 1.807) is 0 Å². The number of nitrogens with one attached hydrogen (secondary N) is 1. The second-order valence-electron chi connectivity index (χ2n) is 6.06. The molecule has 0 spiro atoms. The third-order valence-electron chi connectivity index (χ3n) is 4.21. The van der Waals surface area contributed by atoms with Gasteiger partial charge in [-0.1, -0.05) is 0 Å². The summed E-state index contributed by atoms with van der Waals surface area (Å²) < 4.78 is 40.2. The normalized spacial score (nSPS) is 14.5. The highest BCUT2D eigenvalue weighted by Crippen LogP contribution is 2.36. The van der Waals surface area contributed by atoms with Gasteiger partial charge in [0.2, 0.25) is 0 Å². The number of nitrogens with zero attached hydrogens (tertiary/aromatic N) is 3. The van der Waals surface area contributed by atoms with Crippen molar-refractivity contribution in [2.24, 2.45) is 7.05 Å². The quantitative estimate of drug-likeness (QED) is 0.907. The molecule has 0 aliphatic carbocycles. The molecule has 1 aliphatic rings. The molecule has 2 aromatic rings. The summed E-state index contributed by atoms with van der Waals surface area (Å²) in [5.41, 5.74) is -0.685. The molecule has 1 N–H and O–H groups in total. The summed E-state index contributed by atoms with van der Waals surface area (Å²) in [7, 11) is 1.39. The number of aryl methyl sites for hydroxylation is 1. The van der Waals surface area contributed by atoms with E-state index in [2.05, 4.69) is 10.4 Å². The molecule has 6 nitrogen and oxygen atoms in total. The van der Waals surface area contributed by atoms with Crippen molar-refractivity contribution in [3.05, 3.63) is 51.9 Å². The summed E-state index contributed by atoms with van der Waals surface area (Å²) >= 11 is 0. The summed E-state index contributed by atoms with van der Waals surface area (Å²) in [4.78, 5) is 25.7. The number of benzene rings is 1. The maximum Gasteiger partial charge on any atom is 0.416 e. The largest absolute Gasteiger partial charge is 0.416 e. The molecule has 1 aliphatic heterocycles. The second kappa shape index (κ2) is 6.81. The van der Waals surface area contributed by atoms with Crippen LogP contribution in [0, 0.1) is 0 Å². The molecule has 0 saturated carbocycles. The van der Waals surface area contributed by atoms with Gasteiger partial charge in [-0.25, -0.2) is 4.68 Å². The molecule has 0 unspecified atom stereocenters.